The molecule has 0 bridgehead atoms. The maximum absolute atomic E-state index is 10.9. The van der Waals surface area contributed by atoms with Crippen molar-refractivity contribution in [3.63, 3.8) is 0 Å². The molecule has 1 N–H and O–H groups in total. The van der Waals surface area contributed by atoms with E-state index in [9.17, 15) is 4.79 Å². The summed E-state index contributed by atoms with van der Waals surface area (Å²) in [4.78, 5) is 17.2. The molecule has 0 aliphatic carbocycles. The van der Waals surface area contributed by atoms with E-state index < -0.39 is 5.97 Å². The van der Waals surface area contributed by atoms with E-state index in [1.807, 2.05) is 11.9 Å². The SMILES string of the molecule is CC(C)CCN(C)c1nc2ccc(C(=O)O)cc2o1. The summed E-state index contributed by atoms with van der Waals surface area (Å²) in [7, 11) is 1.92. The molecule has 0 aliphatic rings. The fourth-order valence-electron chi connectivity index (χ4n) is 1.76. The fraction of sp³-hybridized carbons (Fsp3) is 0.429. The van der Waals surface area contributed by atoms with Crippen LogP contribution in [-0.2, 0) is 0 Å². The van der Waals surface area contributed by atoms with Gasteiger partial charge >= 0.3 is 5.97 Å². The number of carbonyl (C=O) groups is 1. The van der Waals surface area contributed by atoms with Crippen molar-refractivity contribution in [2.75, 3.05) is 18.5 Å². The Morgan fingerprint density at radius 1 is 1.47 bits per heavy atom. The standard InChI is InChI=1S/C14H18N2O3/c1-9(2)6-7-16(3)14-15-11-5-4-10(13(17)18)8-12(11)19-14/h4-5,8-9H,6-7H2,1-3H3,(H,17,18). The third kappa shape index (κ3) is 3.05. The minimum atomic E-state index is -0.965. The molecule has 1 heterocycles. The molecule has 19 heavy (non-hydrogen) atoms. The summed E-state index contributed by atoms with van der Waals surface area (Å²) in [6.45, 7) is 5.19. The van der Waals surface area contributed by atoms with Crippen LogP contribution in [-0.4, -0.2) is 29.7 Å². The highest BCUT2D eigenvalue weighted by Gasteiger charge is 2.12. The maximum Gasteiger partial charge on any atom is 0.335 e. The van der Waals surface area contributed by atoms with Crippen LogP contribution in [0.15, 0.2) is 22.6 Å². The Hall–Kier alpha value is -2.04. The maximum atomic E-state index is 10.9. The Morgan fingerprint density at radius 2 is 2.21 bits per heavy atom. The summed E-state index contributed by atoms with van der Waals surface area (Å²) in [5, 5.41) is 8.93. The first-order valence-electron chi connectivity index (χ1n) is 6.32. The molecule has 0 radical (unpaired) electrons. The molecule has 1 aromatic carbocycles. The topological polar surface area (TPSA) is 66.6 Å². The Labute approximate surface area is 111 Å². The fourth-order valence-corrected chi connectivity index (χ4v) is 1.76. The second-order valence-corrected chi connectivity index (χ2v) is 5.09. The van der Waals surface area contributed by atoms with Crippen LogP contribution >= 0.6 is 0 Å². The molecule has 0 saturated carbocycles. The zero-order valence-corrected chi connectivity index (χ0v) is 11.4. The van der Waals surface area contributed by atoms with Crippen molar-refractivity contribution >= 4 is 23.1 Å². The highest BCUT2D eigenvalue weighted by atomic mass is 16.4. The van der Waals surface area contributed by atoms with E-state index in [0.29, 0.717) is 23.0 Å². The molecule has 0 spiro atoms. The van der Waals surface area contributed by atoms with Gasteiger partial charge in [-0.05, 0) is 30.5 Å². The van der Waals surface area contributed by atoms with Gasteiger partial charge in [-0.3, -0.25) is 0 Å². The van der Waals surface area contributed by atoms with Gasteiger partial charge in [0.1, 0.15) is 5.52 Å². The van der Waals surface area contributed by atoms with E-state index in [-0.39, 0.29) is 5.56 Å². The predicted molar refractivity (Wildman–Crippen MR) is 73.7 cm³/mol. The zero-order valence-electron chi connectivity index (χ0n) is 11.4. The first kappa shape index (κ1) is 13.4. The number of aromatic carboxylic acids is 1. The number of hydrogen-bond donors (Lipinski definition) is 1. The molecule has 0 saturated heterocycles. The van der Waals surface area contributed by atoms with Gasteiger partial charge in [0, 0.05) is 13.6 Å². The molecular formula is C14H18N2O3. The molecule has 5 heteroatoms. The van der Waals surface area contributed by atoms with Crippen molar-refractivity contribution in [1.82, 2.24) is 4.98 Å². The Balaban J connectivity index is 2.23. The van der Waals surface area contributed by atoms with Gasteiger partial charge in [0.2, 0.25) is 0 Å². The van der Waals surface area contributed by atoms with Crippen LogP contribution in [0.25, 0.3) is 11.1 Å². The number of carboxylic acid groups (broad SMARTS) is 1. The number of carboxylic acids is 1. The Bertz CT molecular complexity index is 589. The lowest BCUT2D eigenvalue weighted by Crippen LogP contribution is -2.19. The number of nitrogens with zero attached hydrogens (tertiary/aromatic N) is 2. The number of fused-ring (bicyclic) bond motifs is 1. The van der Waals surface area contributed by atoms with Crippen molar-refractivity contribution in [2.24, 2.45) is 5.92 Å². The van der Waals surface area contributed by atoms with Gasteiger partial charge in [-0.25, -0.2) is 4.79 Å². The molecule has 0 fully saturated rings. The summed E-state index contributed by atoms with van der Waals surface area (Å²) in [6.07, 6.45) is 1.05. The summed E-state index contributed by atoms with van der Waals surface area (Å²) in [5.74, 6) is -0.349. The number of hydrogen-bond acceptors (Lipinski definition) is 4. The second-order valence-electron chi connectivity index (χ2n) is 5.09. The Morgan fingerprint density at radius 3 is 2.84 bits per heavy atom. The van der Waals surface area contributed by atoms with Crippen LogP contribution in [0, 0.1) is 5.92 Å². The van der Waals surface area contributed by atoms with Crippen LogP contribution in [0.4, 0.5) is 6.01 Å². The van der Waals surface area contributed by atoms with Crippen molar-refractivity contribution in [3.05, 3.63) is 23.8 Å². The highest BCUT2D eigenvalue weighted by molar-refractivity contribution is 5.92. The zero-order chi connectivity index (χ0) is 14.0. The number of aromatic nitrogens is 1. The molecule has 2 rings (SSSR count). The molecule has 102 valence electrons. The van der Waals surface area contributed by atoms with Crippen molar-refractivity contribution in [1.29, 1.82) is 0 Å². The monoisotopic (exact) mass is 262 g/mol. The third-order valence-corrected chi connectivity index (χ3v) is 2.99. The highest BCUT2D eigenvalue weighted by Crippen LogP contribution is 2.22. The number of oxazole rings is 1. The van der Waals surface area contributed by atoms with E-state index in [0.717, 1.165) is 13.0 Å². The van der Waals surface area contributed by atoms with Crippen LogP contribution < -0.4 is 4.90 Å². The quantitative estimate of drug-likeness (QED) is 0.897. The average Bonchev–Trinajstić information content (AvgIpc) is 2.78. The smallest absolute Gasteiger partial charge is 0.335 e. The van der Waals surface area contributed by atoms with E-state index in [4.69, 9.17) is 9.52 Å². The van der Waals surface area contributed by atoms with E-state index in [1.165, 1.54) is 12.1 Å². The van der Waals surface area contributed by atoms with Crippen LogP contribution in [0.3, 0.4) is 0 Å². The summed E-state index contributed by atoms with van der Waals surface area (Å²) < 4.78 is 5.60. The second kappa shape index (κ2) is 5.30. The van der Waals surface area contributed by atoms with Crippen molar-refractivity contribution in [2.45, 2.75) is 20.3 Å². The first-order valence-corrected chi connectivity index (χ1v) is 6.32. The van der Waals surface area contributed by atoms with Gasteiger partial charge in [0.05, 0.1) is 5.56 Å². The molecule has 0 amide bonds. The molecule has 0 unspecified atom stereocenters. The van der Waals surface area contributed by atoms with E-state index in [2.05, 4.69) is 18.8 Å². The van der Waals surface area contributed by atoms with Gasteiger partial charge < -0.3 is 14.4 Å². The summed E-state index contributed by atoms with van der Waals surface area (Å²) >= 11 is 0. The van der Waals surface area contributed by atoms with Gasteiger partial charge in [-0.1, -0.05) is 13.8 Å². The van der Waals surface area contributed by atoms with E-state index in [1.54, 1.807) is 6.07 Å². The van der Waals surface area contributed by atoms with Crippen molar-refractivity contribution < 1.29 is 14.3 Å². The van der Waals surface area contributed by atoms with E-state index >= 15 is 0 Å². The normalized spacial score (nSPS) is 11.2. The van der Waals surface area contributed by atoms with Gasteiger partial charge in [0.15, 0.2) is 5.58 Å². The lowest BCUT2D eigenvalue weighted by Gasteiger charge is -2.15. The molecule has 5 nitrogen and oxygen atoms in total. The lowest BCUT2D eigenvalue weighted by molar-refractivity contribution is 0.0697. The molecular weight excluding hydrogens is 244 g/mol. The first-order chi connectivity index (χ1) is 8.97. The molecule has 0 aliphatic heterocycles. The molecule has 1 aromatic heterocycles. The molecule has 0 atom stereocenters. The van der Waals surface area contributed by atoms with Gasteiger partial charge in [0.25, 0.3) is 6.01 Å². The average molecular weight is 262 g/mol. The van der Waals surface area contributed by atoms with Crippen LogP contribution in [0.5, 0.6) is 0 Å². The predicted octanol–water partition coefficient (Wildman–Crippen LogP) is 3.01. The lowest BCUT2D eigenvalue weighted by atomic mass is 10.1. The largest absolute Gasteiger partial charge is 0.478 e. The van der Waals surface area contributed by atoms with Crippen LogP contribution in [0.1, 0.15) is 30.6 Å². The summed E-state index contributed by atoms with van der Waals surface area (Å²) in [6, 6.07) is 5.23. The summed E-state index contributed by atoms with van der Waals surface area (Å²) in [5.41, 5.74) is 1.39. The van der Waals surface area contributed by atoms with Crippen LogP contribution in [0.2, 0.25) is 0 Å². The number of benzene rings is 1. The molecule has 2 aromatic rings. The van der Waals surface area contributed by atoms with Gasteiger partial charge in [-0.2, -0.15) is 4.98 Å². The Kier molecular flexibility index (Phi) is 3.74. The van der Waals surface area contributed by atoms with Gasteiger partial charge in [-0.15, -0.1) is 0 Å². The minimum absolute atomic E-state index is 0.208. The van der Waals surface area contributed by atoms with Crippen molar-refractivity contribution in [3.8, 4) is 0 Å². The number of rotatable bonds is 5. The third-order valence-electron chi connectivity index (χ3n) is 2.99. The number of anilines is 1. The minimum Gasteiger partial charge on any atom is -0.478 e.